The number of ether oxygens (including phenoxy) is 2. The molecular formula is C9H18O5. The van der Waals surface area contributed by atoms with Gasteiger partial charge < -0.3 is 24.8 Å². The Morgan fingerprint density at radius 2 is 1.93 bits per heavy atom. The van der Waals surface area contributed by atoms with Crippen LogP contribution in [0.15, 0.2) is 0 Å². The SMILES string of the molecule is CC[C@@H]1C(CO)O[C@@H](OC)C(O)[C@H]1O. The third-order valence-electron chi connectivity index (χ3n) is 2.74. The van der Waals surface area contributed by atoms with Gasteiger partial charge in [-0.1, -0.05) is 6.92 Å². The number of hydrogen-bond acceptors (Lipinski definition) is 5. The van der Waals surface area contributed by atoms with Gasteiger partial charge in [0.05, 0.1) is 18.8 Å². The Kier molecular flexibility index (Phi) is 4.28. The van der Waals surface area contributed by atoms with E-state index in [1.165, 1.54) is 7.11 Å². The highest BCUT2D eigenvalue weighted by molar-refractivity contribution is 4.87. The van der Waals surface area contributed by atoms with Gasteiger partial charge in [-0.05, 0) is 6.42 Å². The molecule has 1 heterocycles. The summed E-state index contributed by atoms with van der Waals surface area (Å²) in [5.74, 6) is -0.249. The smallest absolute Gasteiger partial charge is 0.186 e. The lowest BCUT2D eigenvalue weighted by molar-refractivity contribution is -0.283. The first-order chi connectivity index (χ1) is 6.65. The van der Waals surface area contributed by atoms with E-state index in [9.17, 15) is 10.2 Å². The summed E-state index contributed by atoms with van der Waals surface area (Å²) in [6, 6.07) is 0. The largest absolute Gasteiger partial charge is 0.394 e. The lowest BCUT2D eigenvalue weighted by Crippen LogP contribution is -2.55. The highest BCUT2D eigenvalue weighted by atomic mass is 16.7. The van der Waals surface area contributed by atoms with Gasteiger partial charge in [0.1, 0.15) is 6.10 Å². The summed E-state index contributed by atoms with van der Waals surface area (Å²) in [6.45, 7) is 1.70. The Hall–Kier alpha value is -0.200. The molecule has 1 saturated heterocycles. The second-order valence-electron chi connectivity index (χ2n) is 3.51. The maximum Gasteiger partial charge on any atom is 0.186 e. The highest BCUT2D eigenvalue weighted by Gasteiger charge is 2.43. The standard InChI is InChI=1S/C9H18O5/c1-3-5-6(4-10)14-9(13-2)8(12)7(5)11/h5-12H,3-4H2,1-2H3/t5-,6?,7+,8?,9-/m1/s1. The van der Waals surface area contributed by atoms with E-state index < -0.39 is 24.6 Å². The predicted octanol–water partition coefficient (Wildman–Crippen LogP) is -0.902. The third-order valence-corrected chi connectivity index (χ3v) is 2.74. The topological polar surface area (TPSA) is 79.2 Å². The molecule has 14 heavy (non-hydrogen) atoms. The van der Waals surface area contributed by atoms with E-state index in [0.29, 0.717) is 6.42 Å². The molecule has 0 radical (unpaired) electrons. The van der Waals surface area contributed by atoms with Crippen LogP contribution in [-0.4, -0.2) is 53.6 Å². The maximum atomic E-state index is 9.72. The van der Waals surface area contributed by atoms with Gasteiger partial charge in [-0.15, -0.1) is 0 Å². The van der Waals surface area contributed by atoms with E-state index in [2.05, 4.69) is 0 Å². The molecule has 0 aromatic heterocycles. The average molecular weight is 206 g/mol. The minimum Gasteiger partial charge on any atom is -0.394 e. The first-order valence-electron chi connectivity index (χ1n) is 4.80. The van der Waals surface area contributed by atoms with Crippen molar-refractivity contribution in [3.63, 3.8) is 0 Å². The predicted molar refractivity (Wildman–Crippen MR) is 48.6 cm³/mol. The quantitative estimate of drug-likeness (QED) is 0.557. The summed E-state index contributed by atoms with van der Waals surface area (Å²) in [5, 5.41) is 28.3. The van der Waals surface area contributed by atoms with Crippen LogP contribution >= 0.6 is 0 Å². The monoisotopic (exact) mass is 206 g/mol. The Labute approximate surface area is 83.3 Å². The van der Waals surface area contributed by atoms with E-state index in [1.807, 2.05) is 6.92 Å². The number of rotatable bonds is 3. The van der Waals surface area contributed by atoms with Gasteiger partial charge in [-0.25, -0.2) is 0 Å². The van der Waals surface area contributed by atoms with Crippen LogP contribution in [0.25, 0.3) is 0 Å². The van der Waals surface area contributed by atoms with Gasteiger partial charge in [-0.3, -0.25) is 0 Å². The zero-order chi connectivity index (χ0) is 10.7. The summed E-state index contributed by atoms with van der Waals surface area (Å²) in [5.41, 5.74) is 0. The van der Waals surface area contributed by atoms with Crippen LogP contribution in [0.2, 0.25) is 0 Å². The molecule has 1 rings (SSSR count). The van der Waals surface area contributed by atoms with E-state index in [4.69, 9.17) is 14.6 Å². The molecule has 0 aromatic rings. The van der Waals surface area contributed by atoms with E-state index in [0.717, 1.165) is 0 Å². The number of methoxy groups -OCH3 is 1. The van der Waals surface area contributed by atoms with Gasteiger partial charge >= 0.3 is 0 Å². The van der Waals surface area contributed by atoms with Crippen molar-refractivity contribution in [1.29, 1.82) is 0 Å². The van der Waals surface area contributed by atoms with Crippen LogP contribution in [0.5, 0.6) is 0 Å². The molecule has 0 bridgehead atoms. The summed E-state index contributed by atoms with van der Waals surface area (Å²) >= 11 is 0. The molecule has 1 aliphatic rings. The Morgan fingerprint density at radius 1 is 1.29 bits per heavy atom. The molecule has 1 fully saturated rings. The van der Waals surface area contributed by atoms with E-state index >= 15 is 0 Å². The van der Waals surface area contributed by atoms with Crippen molar-refractivity contribution in [3.8, 4) is 0 Å². The van der Waals surface area contributed by atoms with Crippen molar-refractivity contribution in [2.75, 3.05) is 13.7 Å². The highest BCUT2D eigenvalue weighted by Crippen LogP contribution is 2.28. The normalized spacial score (nSPS) is 43.9. The summed E-state index contributed by atoms with van der Waals surface area (Å²) < 4.78 is 10.1. The van der Waals surface area contributed by atoms with Crippen molar-refractivity contribution >= 4 is 0 Å². The number of hydrogen-bond donors (Lipinski definition) is 3. The van der Waals surface area contributed by atoms with Gasteiger partial charge in [0.15, 0.2) is 6.29 Å². The Bertz CT molecular complexity index is 173. The molecule has 0 aliphatic carbocycles. The zero-order valence-corrected chi connectivity index (χ0v) is 8.46. The van der Waals surface area contributed by atoms with Crippen LogP contribution in [0.1, 0.15) is 13.3 Å². The van der Waals surface area contributed by atoms with Gasteiger partial charge in [0.25, 0.3) is 0 Å². The second-order valence-corrected chi connectivity index (χ2v) is 3.51. The van der Waals surface area contributed by atoms with Crippen molar-refractivity contribution in [2.24, 2.45) is 5.92 Å². The molecule has 1 aliphatic heterocycles. The number of aliphatic hydroxyl groups is 3. The lowest BCUT2D eigenvalue weighted by Gasteiger charge is -2.41. The fourth-order valence-corrected chi connectivity index (χ4v) is 1.87. The van der Waals surface area contributed by atoms with Gasteiger partial charge in [0.2, 0.25) is 0 Å². The summed E-state index contributed by atoms with van der Waals surface area (Å²) in [7, 11) is 1.39. The van der Waals surface area contributed by atoms with E-state index in [1.54, 1.807) is 0 Å². The van der Waals surface area contributed by atoms with Crippen molar-refractivity contribution in [2.45, 2.75) is 37.9 Å². The molecule has 0 aromatic carbocycles. The maximum absolute atomic E-state index is 9.72. The summed E-state index contributed by atoms with van der Waals surface area (Å²) in [6.07, 6.45) is -2.64. The van der Waals surface area contributed by atoms with Crippen LogP contribution in [0, 0.1) is 5.92 Å². The van der Waals surface area contributed by atoms with Gasteiger partial charge in [0, 0.05) is 13.0 Å². The molecular weight excluding hydrogens is 188 g/mol. The van der Waals surface area contributed by atoms with Crippen LogP contribution in [0.4, 0.5) is 0 Å². The second kappa shape index (κ2) is 5.04. The molecule has 0 spiro atoms. The van der Waals surface area contributed by atoms with Crippen molar-refractivity contribution in [3.05, 3.63) is 0 Å². The Morgan fingerprint density at radius 3 is 2.36 bits per heavy atom. The molecule has 5 atom stereocenters. The minimum absolute atomic E-state index is 0.178. The van der Waals surface area contributed by atoms with E-state index in [-0.39, 0.29) is 12.5 Å². The molecule has 2 unspecified atom stereocenters. The fourth-order valence-electron chi connectivity index (χ4n) is 1.87. The average Bonchev–Trinajstić information content (AvgIpc) is 2.21. The van der Waals surface area contributed by atoms with Crippen LogP contribution in [0.3, 0.4) is 0 Å². The first kappa shape index (κ1) is 11.9. The molecule has 3 N–H and O–H groups in total. The fraction of sp³-hybridized carbons (Fsp3) is 1.00. The zero-order valence-electron chi connectivity index (χ0n) is 8.46. The van der Waals surface area contributed by atoms with Crippen molar-refractivity contribution in [1.82, 2.24) is 0 Å². The molecule has 5 heteroatoms. The lowest BCUT2D eigenvalue weighted by atomic mass is 9.87. The van der Waals surface area contributed by atoms with Gasteiger partial charge in [-0.2, -0.15) is 0 Å². The first-order valence-corrected chi connectivity index (χ1v) is 4.80. The Balaban J connectivity index is 2.71. The molecule has 84 valence electrons. The van der Waals surface area contributed by atoms with Crippen molar-refractivity contribution < 1.29 is 24.8 Å². The third kappa shape index (κ3) is 2.07. The summed E-state index contributed by atoms with van der Waals surface area (Å²) in [4.78, 5) is 0. The van der Waals surface area contributed by atoms with Crippen LogP contribution in [-0.2, 0) is 9.47 Å². The number of aliphatic hydroxyl groups excluding tert-OH is 3. The molecule has 0 amide bonds. The molecule has 0 saturated carbocycles. The van der Waals surface area contributed by atoms with Crippen LogP contribution < -0.4 is 0 Å². The minimum atomic E-state index is -1.05. The molecule has 5 nitrogen and oxygen atoms in total.